The van der Waals surface area contributed by atoms with E-state index in [4.69, 9.17) is 14.2 Å². The Balaban J connectivity index is 1.54. The number of alkyl halides is 2. The number of rotatable bonds is 10. The van der Waals surface area contributed by atoms with Crippen molar-refractivity contribution in [1.82, 2.24) is 4.98 Å². The lowest BCUT2D eigenvalue weighted by Crippen LogP contribution is -2.22. The van der Waals surface area contributed by atoms with Crippen molar-refractivity contribution in [2.45, 2.75) is 13.0 Å². The summed E-state index contributed by atoms with van der Waals surface area (Å²) in [6, 6.07) is 11.1. The first-order chi connectivity index (χ1) is 15.9. The van der Waals surface area contributed by atoms with Crippen LogP contribution in [0.5, 0.6) is 17.2 Å². The molecule has 1 amide bonds. The zero-order chi connectivity index (χ0) is 23.8. The first kappa shape index (κ1) is 23.9. The van der Waals surface area contributed by atoms with Crippen molar-refractivity contribution in [3.05, 3.63) is 53.5 Å². The number of ether oxygens (including phenoxy) is 4. The number of methoxy groups -OCH3 is 2. The molecule has 0 saturated carbocycles. The molecule has 0 atom stereocenters. The van der Waals surface area contributed by atoms with Crippen LogP contribution in [0.1, 0.15) is 5.69 Å². The summed E-state index contributed by atoms with van der Waals surface area (Å²) in [6.07, 6.45) is -0.137. The molecule has 3 rings (SSSR count). The van der Waals surface area contributed by atoms with Crippen molar-refractivity contribution in [2.75, 3.05) is 26.1 Å². The monoisotopic (exact) mass is 478 g/mol. The number of benzene rings is 2. The summed E-state index contributed by atoms with van der Waals surface area (Å²) in [5.41, 5.74) is 1.31. The quantitative estimate of drug-likeness (QED) is 0.437. The lowest BCUT2D eigenvalue weighted by molar-refractivity contribution is -0.146. The number of carbonyl (C=O) groups is 2. The fourth-order valence-corrected chi connectivity index (χ4v) is 3.61. The van der Waals surface area contributed by atoms with Crippen molar-refractivity contribution >= 4 is 28.9 Å². The lowest BCUT2D eigenvalue weighted by atomic mass is 10.2. The minimum atomic E-state index is -3.04. The van der Waals surface area contributed by atoms with E-state index >= 15 is 0 Å². The predicted molar refractivity (Wildman–Crippen MR) is 117 cm³/mol. The van der Waals surface area contributed by atoms with E-state index < -0.39 is 25.1 Å². The van der Waals surface area contributed by atoms with Crippen molar-refractivity contribution in [3.8, 4) is 27.8 Å². The molecule has 1 aromatic heterocycles. The van der Waals surface area contributed by atoms with Gasteiger partial charge >= 0.3 is 12.6 Å². The Kier molecular flexibility index (Phi) is 8.14. The molecule has 0 aliphatic rings. The summed E-state index contributed by atoms with van der Waals surface area (Å²) < 4.78 is 44.7. The number of hydrogen-bond donors (Lipinski definition) is 1. The van der Waals surface area contributed by atoms with Crippen LogP contribution in [0.2, 0.25) is 0 Å². The fourth-order valence-electron chi connectivity index (χ4n) is 2.79. The molecule has 0 unspecified atom stereocenters. The molecule has 1 heterocycles. The number of halogens is 2. The van der Waals surface area contributed by atoms with Gasteiger partial charge < -0.3 is 24.3 Å². The highest BCUT2D eigenvalue weighted by Gasteiger charge is 2.15. The zero-order valence-electron chi connectivity index (χ0n) is 17.7. The first-order valence-corrected chi connectivity index (χ1v) is 10.4. The van der Waals surface area contributed by atoms with Gasteiger partial charge in [-0.15, -0.1) is 11.3 Å². The Labute approximate surface area is 192 Å². The van der Waals surface area contributed by atoms with E-state index in [1.165, 1.54) is 42.7 Å². The molecule has 0 aliphatic heterocycles. The second kappa shape index (κ2) is 11.2. The van der Waals surface area contributed by atoms with Crippen LogP contribution >= 0.6 is 11.3 Å². The molecule has 0 bridgehead atoms. The molecule has 33 heavy (non-hydrogen) atoms. The minimum absolute atomic E-state index is 0.0397. The van der Waals surface area contributed by atoms with Crippen LogP contribution < -0.4 is 19.5 Å². The average Bonchev–Trinajstić information content (AvgIpc) is 3.26. The lowest BCUT2D eigenvalue weighted by Gasteiger charge is -2.11. The molecule has 0 radical (unpaired) electrons. The van der Waals surface area contributed by atoms with E-state index in [9.17, 15) is 18.4 Å². The number of para-hydroxylation sites is 2. The SMILES string of the molecule is COc1ccc(-c2nc(CC(=O)OCC(=O)Nc3ccccc3OC(F)F)cs2)cc1OC. The van der Waals surface area contributed by atoms with E-state index in [1.54, 1.807) is 24.6 Å². The highest BCUT2D eigenvalue weighted by Crippen LogP contribution is 2.33. The van der Waals surface area contributed by atoms with Crippen LogP contribution in [0.3, 0.4) is 0 Å². The largest absolute Gasteiger partial charge is 0.493 e. The van der Waals surface area contributed by atoms with Gasteiger partial charge in [0, 0.05) is 10.9 Å². The number of thiazole rings is 1. The normalized spacial score (nSPS) is 10.6. The Hall–Kier alpha value is -3.73. The van der Waals surface area contributed by atoms with E-state index in [0.29, 0.717) is 22.2 Å². The van der Waals surface area contributed by atoms with Crippen molar-refractivity contribution in [1.29, 1.82) is 0 Å². The number of anilines is 1. The van der Waals surface area contributed by atoms with Gasteiger partial charge in [0.15, 0.2) is 18.1 Å². The Morgan fingerprint density at radius 2 is 1.82 bits per heavy atom. The summed E-state index contributed by atoms with van der Waals surface area (Å²) in [7, 11) is 3.08. The van der Waals surface area contributed by atoms with E-state index in [-0.39, 0.29) is 17.9 Å². The van der Waals surface area contributed by atoms with Gasteiger partial charge in [0.2, 0.25) is 0 Å². The Morgan fingerprint density at radius 3 is 2.55 bits per heavy atom. The van der Waals surface area contributed by atoms with Gasteiger partial charge in [0.05, 0.1) is 32.0 Å². The second-order valence-corrected chi connectivity index (χ2v) is 7.33. The first-order valence-electron chi connectivity index (χ1n) is 9.55. The van der Waals surface area contributed by atoms with E-state index in [2.05, 4.69) is 15.0 Å². The van der Waals surface area contributed by atoms with Gasteiger partial charge in [-0.1, -0.05) is 12.1 Å². The molecule has 11 heteroatoms. The molecule has 0 saturated heterocycles. The molecule has 8 nitrogen and oxygen atoms in total. The molecule has 2 aromatic carbocycles. The molecular weight excluding hydrogens is 458 g/mol. The topological polar surface area (TPSA) is 96.0 Å². The number of hydrogen-bond acceptors (Lipinski definition) is 8. The number of nitrogens with one attached hydrogen (secondary N) is 1. The fraction of sp³-hybridized carbons (Fsp3) is 0.227. The van der Waals surface area contributed by atoms with E-state index in [0.717, 1.165) is 5.56 Å². The number of amides is 1. The summed E-state index contributed by atoms with van der Waals surface area (Å²) in [4.78, 5) is 28.6. The summed E-state index contributed by atoms with van der Waals surface area (Å²) >= 11 is 1.34. The Bertz CT molecular complexity index is 1120. The summed E-state index contributed by atoms with van der Waals surface area (Å²) in [6.45, 7) is -3.63. The van der Waals surface area contributed by atoms with Gasteiger partial charge in [0.25, 0.3) is 5.91 Å². The highest BCUT2D eigenvalue weighted by molar-refractivity contribution is 7.13. The number of carbonyl (C=O) groups excluding carboxylic acids is 2. The molecule has 1 N–H and O–H groups in total. The summed E-state index contributed by atoms with van der Waals surface area (Å²) in [5.74, 6) is -0.414. The second-order valence-electron chi connectivity index (χ2n) is 6.47. The summed E-state index contributed by atoms with van der Waals surface area (Å²) in [5, 5.41) is 4.76. The van der Waals surface area contributed by atoms with Crippen molar-refractivity contribution in [3.63, 3.8) is 0 Å². The maximum Gasteiger partial charge on any atom is 0.387 e. The van der Waals surface area contributed by atoms with Crippen LogP contribution in [-0.4, -0.2) is 44.3 Å². The van der Waals surface area contributed by atoms with Crippen molar-refractivity contribution in [2.24, 2.45) is 0 Å². The highest BCUT2D eigenvalue weighted by atomic mass is 32.1. The maximum atomic E-state index is 12.5. The van der Waals surface area contributed by atoms with Crippen LogP contribution in [0.4, 0.5) is 14.5 Å². The van der Waals surface area contributed by atoms with Gasteiger partial charge in [-0.2, -0.15) is 8.78 Å². The molecule has 3 aromatic rings. The average molecular weight is 478 g/mol. The molecule has 0 spiro atoms. The smallest absolute Gasteiger partial charge is 0.387 e. The molecular formula is C22H20F2N2O6S. The Morgan fingerprint density at radius 1 is 1.06 bits per heavy atom. The number of esters is 1. The third-order valence-electron chi connectivity index (χ3n) is 4.25. The standard InChI is InChI=1S/C22H20F2N2O6S/c1-29-17-8-7-13(9-18(17)30-2)21-25-14(12-33-21)10-20(28)31-11-19(27)26-15-5-3-4-6-16(15)32-22(23)24/h3-9,12,22H,10-11H2,1-2H3,(H,26,27). The van der Waals surface area contributed by atoms with E-state index in [1.807, 2.05) is 6.07 Å². The van der Waals surface area contributed by atoms with Crippen LogP contribution in [-0.2, 0) is 20.7 Å². The van der Waals surface area contributed by atoms with Gasteiger partial charge in [-0.3, -0.25) is 9.59 Å². The van der Waals surface area contributed by atoms with Crippen LogP contribution in [0.25, 0.3) is 10.6 Å². The van der Waals surface area contributed by atoms with Gasteiger partial charge in [-0.05, 0) is 30.3 Å². The van der Waals surface area contributed by atoms with Crippen LogP contribution in [0.15, 0.2) is 47.8 Å². The van der Waals surface area contributed by atoms with Crippen molar-refractivity contribution < 1.29 is 37.3 Å². The van der Waals surface area contributed by atoms with Gasteiger partial charge in [-0.25, -0.2) is 4.98 Å². The number of nitrogens with zero attached hydrogens (tertiary/aromatic N) is 1. The zero-order valence-corrected chi connectivity index (χ0v) is 18.5. The maximum absolute atomic E-state index is 12.5. The third kappa shape index (κ3) is 6.62. The van der Waals surface area contributed by atoms with Gasteiger partial charge in [0.1, 0.15) is 10.8 Å². The van der Waals surface area contributed by atoms with Crippen LogP contribution in [0, 0.1) is 0 Å². The molecule has 174 valence electrons. The molecule has 0 fully saturated rings. The molecule has 0 aliphatic carbocycles. The predicted octanol–water partition coefficient (Wildman–Crippen LogP) is 4.15. The number of aromatic nitrogens is 1. The minimum Gasteiger partial charge on any atom is -0.493 e. The third-order valence-corrected chi connectivity index (χ3v) is 5.19.